The van der Waals surface area contributed by atoms with E-state index in [1.54, 1.807) is 11.3 Å². The number of thiazole rings is 1. The summed E-state index contributed by atoms with van der Waals surface area (Å²) in [5, 5.41) is 4.85. The second kappa shape index (κ2) is 6.21. The molecule has 0 saturated heterocycles. The van der Waals surface area contributed by atoms with Gasteiger partial charge in [-0.1, -0.05) is 11.3 Å². The molecule has 2 aromatic heterocycles. The predicted molar refractivity (Wildman–Crippen MR) is 95.2 cm³/mol. The van der Waals surface area contributed by atoms with Crippen molar-refractivity contribution in [3.8, 4) is 0 Å². The highest BCUT2D eigenvalue weighted by atomic mass is 32.2. The summed E-state index contributed by atoms with van der Waals surface area (Å²) in [6.45, 7) is 5.96. The lowest BCUT2D eigenvalue weighted by atomic mass is 10.3. The van der Waals surface area contributed by atoms with E-state index in [0.29, 0.717) is 4.88 Å². The Morgan fingerprint density at radius 3 is 2.70 bits per heavy atom. The SMILES string of the molecule is CCN(CC)c1nc2sc(C(=O)NC3C=CS(=O)(=O)C3)cc2s1. The molecule has 6 nitrogen and oxygen atoms in total. The van der Waals surface area contributed by atoms with Gasteiger partial charge >= 0.3 is 0 Å². The van der Waals surface area contributed by atoms with Crippen LogP contribution in [0.4, 0.5) is 5.13 Å². The Morgan fingerprint density at radius 2 is 2.13 bits per heavy atom. The van der Waals surface area contributed by atoms with E-state index in [0.717, 1.165) is 33.2 Å². The monoisotopic (exact) mass is 371 g/mol. The van der Waals surface area contributed by atoms with Gasteiger partial charge in [0.15, 0.2) is 15.0 Å². The van der Waals surface area contributed by atoms with Crippen LogP contribution in [0.5, 0.6) is 0 Å². The maximum atomic E-state index is 12.2. The Labute approximate surface area is 142 Å². The number of aromatic nitrogens is 1. The number of nitrogens with zero attached hydrogens (tertiary/aromatic N) is 2. The Bertz CT molecular complexity index is 831. The van der Waals surface area contributed by atoms with Gasteiger partial charge in [-0.05, 0) is 26.0 Å². The topological polar surface area (TPSA) is 79.4 Å². The number of rotatable bonds is 5. The Morgan fingerprint density at radius 1 is 1.39 bits per heavy atom. The summed E-state index contributed by atoms with van der Waals surface area (Å²) in [7, 11) is -3.17. The van der Waals surface area contributed by atoms with Crippen molar-refractivity contribution in [3.63, 3.8) is 0 Å². The molecule has 0 spiro atoms. The minimum Gasteiger partial charge on any atom is -0.349 e. The van der Waals surface area contributed by atoms with Crippen molar-refractivity contribution >= 4 is 53.1 Å². The van der Waals surface area contributed by atoms with E-state index in [9.17, 15) is 13.2 Å². The van der Waals surface area contributed by atoms with Crippen LogP contribution >= 0.6 is 22.7 Å². The van der Waals surface area contributed by atoms with Crippen molar-refractivity contribution < 1.29 is 13.2 Å². The van der Waals surface area contributed by atoms with Crippen LogP contribution in [0, 0.1) is 0 Å². The van der Waals surface area contributed by atoms with E-state index in [2.05, 4.69) is 29.0 Å². The third-order valence-corrected chi connectivity index (χ3v) is 7.20. The summed E-state index contributed by atoms with van der Waals surface area (Å²) in [5.74, 6) is -0.320. The number of hydrogen-bond acceptors (Lipinski definition) is 7. The van der Waals surface area contributed by atoms with Gasteiger partial charge < -0.3 is 10.2 Å². The van der Waals surface area contributed by atoms with E-state index in [-0.39, 0.29) is 11.7 Å². The zero-order valence-electron chi connectivity index (χ0n) is 12.8. The summed E-state index contributed by atoms with van der Waals surface area (Å²) in [6.07, 6.45) is 1.51. The molecule has 3 rings (SSSR count). The van der Waals surface area contributed by atoms with E-state index in [4.69, 9.17) is 0 Å². The lowest BCUT2D eigenvalue weighted by molar-refractivity contribution is 0.0952. The molecular formula is C14H17N3O3S3. The van der Waals surface area contributed by atoms with Crippen molar-refractivity contribution in [3.05, 3.63) is 22.4 Å². The van der Waals surface area contributed by atoms with Gasteiger partial charge in [-0.3, -0.25) is 4.79 Å². The molecule has 2 aromatic rings. The Balaban J connectivity index is 1.75. The number of amides is 1. The fraction of sp³-hybridized carbons (Fsp3) is 0.429. The first kappa shape index (κ1) is 16.4. The third kappa shape index (κ3) is 3.41. The summed E-state index contributed by atoms with van der Waals surface area (Å²) >= 11 is 2.91. The Kier molecular flexibility index (Phi) is 4.43. The van der Waals surface area contributed by atoms with Gasteiger partial charge in [0.2, 0.25) is 0 Å². The lowest BCUT2D eigenvalue weighted by Crippen LogP contribution is -2.35. The second-order valence-electron chi connectivity index (χ2n) is 5.19. The zero-order chi connectivity index (χ0) is 16.6. The molecule has 1 atom stereocenters. The van der Waals surface area contributed by atoms with Crippen LogP contribution in [0.3, 0.4) is 0 Å². The van der Waals surface area contributed by atoms with Gasteiger partial charge in [0.25, 0.3) is 5.91 Å². The van der Waals surface area contributed by atoms with Crippen molar-refractivity contribution in [2.24, 2.45) is 0 Å². The van der Waals surface area contributed by atoms with Crippen molar-refractivity contribution in [2.75, 3.05) is 23.7 Å². The van der Waals surface area contributed by atoms with Crippen LogP contribution in [-0.2, 0) is 9.84 Å². The molecule has 124 valence electrons. The quantitative estimate of drug-likeness (QED) is 0.872. The molecule has 0 aliphatic carbocycles. The predicted octanol–water partition coefficient (Wildman–Crippen LogP) is 2.24. The van der Waals surface area contributed by atoms with Crippen LogP contribution in [0.1, 0.15) is 23.5 Å². The van der Waals surface area contributed by atoms with Crippen LogP contribution in [-0.4, -0.2) is 44.2 Å². The van der Waals surface area contributed by atoms with Gasteiger partial charge in [0.1, 0.15) is 4.83 Å². The van der Waals surface area contributed by atoms with Gasteiger partial charge in [-0.2, -0.15) is 0 Å². The van der Waals surface area contributed by atoms with Gasteiger partial charge in [0, 0.05) is 18.5 Å². The van der Waals surface area contributed by atoms with Crippen molar-refractivity contribution in [1.29, 1.82) is 0 Å². The fourth-order valence-electron chi connectivity index (χ4n) is 2.37. The Hall–Kier alpha value is -1.45. The van der Waals surface area contributed by atoms with E-state index in [1.165, 1.54) is 17.4 Å². The molecule has 1 amide bonds. The lowest BCUT2D eigenvalue weighted by Gasteiger charge is -2.16. The maximum Gasteiger partial charge on any atom is 0.261 e. The number of nitrogens with one attached hydrogen (secondary N) is 1. The fourth-order valence-corrected chi connectivity index (χ4v) is 5.85. The molecule has 0 bridgehead atoms. The number of carbonyl (C=O) groups excluding carboxylic acids is 1. The van der Waals surface area contributed by atoms with Crippen molar-refractivity contribution in [1.82, 2.24) is 10.3 Å². The normalized spacial score (nSPS) is 19.3. The number of thiophene rings is 1. The highest BCUT2D eigenvalue weighted by molar-refractivity contribution is 7.94. The standard InChI is InChI=1S/C14H17N3O3S3/c1-3-17(4-2)14-16-13-11(22-14)7-10(21-13)12(18)15-9-5-6-23(19,20)8-9/h5-7,9H,3-4,8H2,1-2H3,(H,15,18). The van der Waals surface area contributed by atoms with Crippen LogP contribution in [0.2, 0.25) is 0 Å². The smallest absolute Gasteiger partial charge is 0.261 e. The maximum absolute atomic E-state index is 12.2. The molecule has 1 aliphatic rings. The average Bonchev–Trinajstić information content (AvgIpc) is 3.13. The molecule has 23 heavy (non-hydrogen) atoms. The molecule has 0 radical (unpaired) electrons. The zero-order valence-corrected chi connectivity index (χ0v) is 15.2. The largest absolute Gasteiger partial charge is 0.349 e. The number of hydrogen-bond donors (Lipinski definition) is 1. The van der Waals surface area contributed by atoms with Crippen molar-refractivity contribution in [2.45, 2.75) is 19.9 Å². The number of sulfone groups is 1. The third-order valence-electron chi connectivity index (χ3n) is 3.58. The van der Waals surface area contributed by atoms with E-state index >= 15 is 0 Å². The summed E-state index contributed by atoms with van der Waals surface area (Å²) < 4.78 is 23.7. The van der Waals surface area contributed by atoms with Gasteiger partial charge in [-0.25, -0.2) is 13.4 Å². The van der Waals surface area contributed by atoms with Gasteiger partial charge in [0.05, 0.1) is 21.4 Å². The second-order valence-corrected chi connectivity index (χ2v) is 9.16. The van der Waals surface area contributed by atoms with Gasteiger partial charge in [-0.15, -0.1) is 11.3 Å². The molecule has 0 saturated carbocycles. The summed E-state index contributed by atoms with van der Waals surface area (Å²) in [6, 6.07) is 1.37. The van der Waals surface area contributed by atoms with Crippen LogP contribution < -0.4 is 10.2 Å². The highest BCUT2D eigenvalue weighted by Gasteiger charge is 2.24. The first-order valence-corrected chi connectivity index (χ1v) is 10.6. The van der Waals surface area contributed by atoms with Crippen LogP contribution in [0.15, 0.2) is 17.6 Å². The molecule has 1 aliphatic heterocycles. The van der Waals surface area contributed by atoms with E-state index in [1.807, 2.05) is 6.07 Å². The molecule has 3 heterocycles. The first-order valence-electron chi connectivity index (χ1n) is 7.29. The average molecular weight is 372 g/mol. The highest BCUT2D eigenvalue weighted by Crippen LogP contribution is 2.34. The summed E-state index contributed by atoms with van der Waals surface area (Å²) in [5.41, 5.74) is 0. The molecule has 1 unspecified atom stereocenters. The molecular weight excluding hydrogens is 354 g/mol. The van der Waals surface area contributed by atoms with E-state index < -0.39 is 15.9 Å². The minimum atomic E-state index is -3.17. The number of carbonyl (C=O) groups is 1. The molecule has 9 heteroatoms. The first-order chi connectivity index (χ1) is 10.9. The molecule has 0 fully saturated rings. The minimum absolute atomic E-state index is 0.0666. The molecule has 1 N–H and O–H groups in total. The molecule has 0 aromatic carbocycles. The van der Waals surface area contributed by atoms with Crippen LogP contribution in [0.25, 0.3) is 9.53 Å². The summed E-state index contributed by atoms with van der Waals surface area (Å²) in [4.78, 5) is 20.4. The number of anilines is 1. The number of fused-ring (bicyclic) bond motifs is 1.